The Morgan fingerprint density at radius 3 is 2.62 bits per heavy atom. The Morgan fingerprint density at radius 1 is 1.18 bits per heavy atom. The number of aliphatic hydroxyl groups excluding tert-OH is 1. The van der Waals surface area contributed by atoms with Gasteiger partial charge < -0.3 is 15.2 Å². The molecule has 0 saturated heterocycles. The molecule has 5 nitrogen and oxygen atoms in total. The summed E-state index contributed by atoms with van der Waals surface area (Å²) in [4.78, 5) is 18.3. The number of nitrogens with zero attached hydrogens (tertiary/aromatic N) is 1. The van der Waals surface area contributed by atoms with Crippen molar-refractivity contribution >= 4 is 34.3 Å². The van der Waals surface area contributed by atoms with Gasteiger partial charge in [0.05, 0.1) is 16.6 Å². The van der Waals surface area contributed by atoms with Gasteiger partial charge in [-0.25, -0.2) is 0 Å². The SMILES string of the molecule is C=CCN(CCCC(O)CSc1c(-c2cc(Cl)ccc2O)c2cc(C(F)(F)F)ccc2[nH]c1=O)C1CCCCC1. The number of hydrogen-bond donors (Lipinski definition) is 3. The zero-order valence-electron chi connectivity index (χ0n) is 22.1. The van der Waals surface area contributed by atoms with E-state index in [1.165, 1.54) is 56.4 Å². The van der Waals surface area contributed by atoms with E-state index in [9.17, 15) is 28.2 Å². The predicted molar refractivity (Wildman–Crippen MR) is 156 cm³/mol. The summed E-state index contributed by atoms with van der Waals surface area (Å²) < 4.78 is 40.7. The average Bonchev–Trinajstić information content (AvgIpc) is 2.92. The van der Waals surface area contributed by atoms with Gasteiger partial charge in [-0.3, -0.25) is 9.69 Å². The largest absolute Gasteiger partial charge is 0.507 e. The van der Waals surface area contributed by atoms with E-state index in [1.54, 1.807) is 0 Å². The fourth-order valence-corrected chi connectivity index (χ4v) is 6.64. The lowest BCUT2D eigenvalue weighted by Crippen LogP contribution is -2.37. The predicted octanol–water partition coefficient (Wildman–Crippen LogP) is 7.63. The maximum Gasteiger partial charge on any atom is 0.416 e. The molecule has 4 rings (SSSR count). The van der Waals surface area contributed by atoms with Crippen LogP contribution in [0.1, 0.15) is 50.5 Å². The van der Waals surface area contributed by atoms with Gasteiger partial charge in [-0.05, 0) is 68.6 Å². The van der Waals surface area contributed by atoms with Crippen LogP contribution in [0.2, 0.25) is 5.02 Å². The average molecular weight is 595 g/mol. The summed E-state index contributed by atoms with van der Waals surface area (Å²) in [5.41, 5.74) is -0.910. The molecule has 10 heteroatoms. The number of H-pyrrole nitrogens is 1. The lowest BCUT2D eigenvalue weighted by atomic mass is 9.94. The van der Waals surface area contributed by atoms with E-state index < -0.39 is 23.4 Å². The molecule has 40 heavy (non-hydrogen) atoms. The lowest BCUT2D eigenvalue weighted by molar-refractivity contribution is -0.137. The highest BCUT2D eigenvalue weighted by Crippen LogP contribution is 2.42. The summed E-state index contributed by atoms with van der Waals surface area (Å²) in [5, 5.41) is 21.8. The molecule has 1 aliphatic rings. The van der Waals surface area contributed by atoms with Gasteiger partial charge >= 0.3 is 6.18 Å². The molecule has 0 amide bonds. The van der Waals surface area contributed by atoms with E-state index in [1.807, 2.05) is 6.08 Å². The maximum absolute atomic E-state index is 13.6. The number of aromatic amines is 1. The maximum atomic E-state index is 13.6. The highest BCUT2D eigenvalue weighted by molar-refractivity contribution is 7.99. The van der Waals surface area contributed by atoms with Crippen molar-refractivity contribution in [2.24, 2.45) is 0 Å². The van der Waals surface area contributed by atoms with Crippen LogP contribution in [0.25, 0.3) is 22.0 Å². The number of halogens is 4. The van der Waals surface area contributed by atoms with E-state index in [2.05, 4.69) is 16.5 Å². The second-order valence-electron chi connectivity index (χ2n) is 10.3. The van der Waals surface area contributed by atoms with Crippen LogP contribution in [0.15, 0.2) is 58.7 Å². The van der Waals surface area contributed by atoms with Crippen molar-refractivity contribution in [1.29, 1.82) is 0 Å². The van der Waals surface area contributed by atoms with Crippen molar-refractivity contribution in [2.75, 3.05) is 18.8 Å². The van der Waals surface area contributed by atoms with Gasteiger partial charge in [-0.2, -0.15) is 13.2 Å². The Hall–Kier alpha value is -2.46. The number of nitrogens with one attached hydrogen (secondary N) is 1. The lowest BCUT2D eigenvalue weighted by Gasteiger charge is -2.33. The van der Waals surface area contributed by atoms with Gasteiger partial charge in [0, 0.05) is 45.4 Å². The van der Waals surface area contributed by atoms with Crippen LogP contribution in [0.4, 0.5) is 13.2 Å². The standard InChI is InChI=1S/C30H34ClF3N2O3S/c1-2-14-36(21-7-4-3-5-8-21)15-6-9-22(37)18-40-28-27(24-17-20(31)11-13-26(24)38)23-16-19(30(32,33)34)10-12-25(23)35-29(28)39/h2,10-13,16-17,21-22,37-38H,1,3-9,14-15,18H2,(H,35,39). The number of aromatic nitrogens is 1. The first-order chi connectivity index (χ1) is 19.1. The molecule has 3 aromatic rings. The van der Waals surface area contributed by atoms with Gasteiger partial charge in [0.15, 0.2) is 0 Å². The van der Waals surface area contributed by atoms with Crippen LogP contribution < -0.4 is 5.56 Å². The van der Waals surface area contributed by atoms with Crippen molar-refractivity contribution in [2.45, 2.75) is 68.2 Å². The molecule has 1 saturated carbocycles. The van der Waals surface area contributed by atoms with E-state index in [0.717, 1.165) is 43.4 Å². The number of benzene rings is 2. The molecule has 3 N–H and O–H groups in total. The van der Waals surface area contributed by atoms with Crippen molar-refractivity contribution in [3.8, 4) is 16.9 Å². The van der Waals surface area contributed by atoms with Crippen LogP contribution in [0.3, 0.4) is 0 Å². The second kappa shape index (κ2) is 13.5. The highest BCUT2D eigenvalue weighted by atomic mass is 35.5. The normalized spacial score (nSPS) is 15.6. The minimum atomic E-state index is -4.60. The van der Waals surface area contributed by atoms with Crippen LogP contribution in [-0.2, 0) is 6.18 Å². The molecule has 0 aliphatic heterocycles. The first kappa shape index (κ1) is 30.5. The number of phenolic OH excluding ortho intramolecular Hbond substituents is 1. The molecule has 2 aromatic carbocycles. The number of aromatic hydroxyl groups is 1. The number of thioether (sulfide) groups is 1. The van der Waals surface area contributed by atoms with E-state index in [-0.39, 0.29) is 43.5 Å². The Morgan fingerprint density at radius 2 is 1.93 bits per heavy atom. The molecule has 0 radical (unpaired) electrons. The third kappa shape index (κ3) is 7.43. The van der Waals surface area contributed by atoms with Crippen molar-refractivity contribution < 1.29 is 23.4 Å². The number of phenols is 1. The molecule has 1 unspecified atom stereocenters. The minimum Gasteiger partial charge on any atom is -0.507 e. The van der Waals surface area contributed by atoms with E-state index >= 15 is 0 Å². The van der Waals surface area contributed by atoms with E-state index in [4.69, 9.17) is 11.6 Å². The number of fused-ring (bicyclic) bond motifs is 1. The van der Waals surface area contributed by atoms with Gasteiger partial charge in [0.1, 0.15) is 5.75 Å². The smallest absolute Gasteiger partial charge is 0.416 e. The van der Waals surface area contributed by atoms with Crippen molar-refractivity contribution in [1.82, 2.24) is 9.88 Å². The third-order valence-electron chi connectivity index (χ3n) is 7.38. The molecular weight excluding hydrogens is 561 g/mol. The molecule has 0 spiro atoms. The first-order valence-corrected chi connectivity index (χ1v) is 14.9. The first-order valence-electron chi connectivity index (χ1n) is 13.5. The fourth-order valence-electron chi connectivity index (χ4n) is 5.39. The molecule has 1 fully saturated rings. The number of hydrogen-bond acceptors (Lipinski definition) is 5. The number of rotatable bonds is 11. The van der Waals surface area contributed by atoms with Gasteiger partial charge in [0.25, 0.3) is 5.56 Å². The summed E-state index contributed by atoms with van der Waals surface area (Å²) in [5.74, 6) is -0.0617. The van der Waals surface area contributed by atoms with Crippen molar-refractivity contribution in [3.05, 3.63) is 70.0 Å². The summed E-state index contributed by atoms with van der Waals surface area (Å²) in [6.45, 7) is 5.51. The Kier molecular flexibility index (Phi) is 10.3. The summed E-state index contributed by atoms with van der Waals surface area (Å²) >= 11 is 7.23. The zero-order chi connectivity index (χ0) is 28.9. The van der Waals surface area contributed by atoms with Crippen molar-refractivity contribution in [3.63, 3.8) is 0 Å². The molecule has 1 aliphatic carbocycles. The molecule has 216 valence electrons. The second-order valence-corrected chi connectivity index (χ2v) is 11.7. The van der Waals surface area contributed by atoms with Crippen LogP contribution in [0, 0.1) is 0 Å². The topological polar surface area (TPSA) is 76.6 Å². The fraction of sp³-hybridized carbons (Fsp3) is 0.433. The Labute approximate surface area is 241 Å². The Bertz CT molecular complexity index is 1390. The van der Waals surface area contributed by atoms with Crippen LogP contribution >= 0.6 is 23.4 Å². The Balaban J connectivity index is 1.58. The van der Waals surface area contributed by atoms with Crippen LogP contribution in [-0.4, -0.2) is 51.1 Å². The summed E-state index contributed by atoms with van der Waals surface area (Å²) in [7, 11) is 0. The molecular formula is C30H34ClF3N2O3S. The van der Waals surface area contributed by atoms with Gasteiger partial charge in [0.2, 0.25) is 0 Å². The van der Waals surface area contributed by atoms with Crippen LogP contribution in [0.5, 0.6) is 5.75 Å². The van der Waals surface area contributed by atoms with Gasteiger partial charge in [-0.1, -0.05) is 36.9 Å². The highest BCUT2D eigenvalue weighted by Gasteiger charge is 2.31. The van der Waals surface area contributed by atoms with E-state index in [0.29, 0.717) is 12.5 Å². The zero-order valence-corrected chi connectivity index (χ0v) is 23.7. The monoisotopic (exact) mass is 594 g/mol. The molecule has 1 heterocycles. The minimum absolute atomic E-state index is 0.110. The quantitative estimate of drug-likeness (QED) is 0.157. The summed E-state index contributed by atoms with van der Waals surface area (Å²) in [6, 6.07) is 7.81. The third-order valence-corrected chi connectivity index (χ3v) is 8.85. The number of alkyl halides is 3. The number of pyridine rings is 1. The molecule has 0 bridgehead atoms. The van der Waals surface area contributed by atoms with Gasteiger partial charge in [-0.15, -0.1) is 18.3 Å². The summed E-state index contributed by atoms with van der Waals surface area (Å²) in [6.07, 6.45) is 3.92. The molecule has 1 aromatic heterocycles. The molecule has 1 atom stereocenters. The number of aliphatic hydroxyl groups is 1.